The SMILES string of the molecule is Cc1ccc(CN(C(=O)CCCN2C(=O)c3cccc4cccc2c34)[C@H](C)C(=O)NC(C)C)cc1. The average molecular weight is 472 g/mol. The summed E-state index contributed by atoms with van der Waals surface area (Å²) in [6.45, 7) is 8.40. The average Bonchev–Trinajstić information content (AvgIpc) is 3.11. The van der Waals surface area contributed by atoms with Crippen molar-refractivity contribution in [3.05, 3.63) is 77.4 Å². The number of aryl methyl sites for hydroxylation is 1. The molecule has 3 aromatic carbocycles. The number of hydrogen-bond donors (Lipinski definition) is 1. The molecule has 0 bridgehead atoms. The Morgan fingerprint density at radius 2 is 1.66 bits per heavy atom. The molecule has 0 unspecified atom stereocenters. The molecule has 6 heteroatoms. The largest absolute Gasteiger partial charge is 0.352 e. The predicted molar refractivity (Wildman–Crippen MR) is 139 cm³/mol. The summed E-state index contributed by atoms with van der Waals surface area (Å²) in [6, 6.07) is 19.1. The number of carbonyl (C=O) groups is 3. The van der Waals surface area contributed by atoms with Crippen molar-refractivity contribution in [2.24, 2.45) is 0 Å². The molecular formula is C29H33N3O3. The first-order valence-electron chi connectivity index (χ1n) is 12.2. The van der Waals surface area contributed by atoms with Crippen LogP contribution in [0.1, 0.15) is 55.1 Å². The van der Waals surface area contributed by atoms with Gasteiger partial charge in [-0.25, -0.2) is 0 Å². The highest BCUT2D eigenvalue weighted by atomic mass is 16.2. The molecular weight excluding hydrogens is 438 g/mol. The minimum atomic E-state index is -0.599. The van der Waals surface area contributed by atoms with Gasteiger partial charge in [-0.2, -0.15) is 0 Å². The van der Waals surface area contributed by atoms with Gasteiger partial charge in [0, 0.05) is 36.5 Å². The summed E-state index contributed by atoms with van der Waals surface area (Å²) >= 11 is 0. The fraction of sp³-hybridized carbons (Fsp3) is 0.345. The summed E-state index contributed by atoms with van der Waals surface area (Å²) in [4.78, 5) is 42.5. The van der Waals surface area contributed by atoms with Gasteiger partial charge in [0.2, 0.25) is 11.8 Å². The molecule has 1 N–H and O–H groups in total. The molecule has 0 aliphatic carbocycles. The quantitative estimate of drug-likeness (QED) is 0.486. The van der Waals surface area contributed by atoms with Gasteiger partial charge in [-0.15, -0.1) is 0 Å². The molecule has 1 aliphatic rings. The van der Waals surface area contributed by atoms with Gasteiger partial charge in [-0.05, 0) is 57.2 Å². The van der Waals surface area contributed by atoms with Crippen LogP contribution in [0.4, 0.5) is 5.69 Å². The van der Waals surface area contributed by atoms with E-state index in [1.807, 2.05) is 81.4 Å². The van der Waals surface area contributed by atoms with Crippen LogP contribution in [0.25, 0.3) is 10.8 Å². The van der Waals surface area contributed by atoms with E-state index in [0.717, 1.165) is 27.6 Å². The Morgan fingerprint density at radius 3 is 2.34 bits per heavy atom. The molecule has 0 aromatic heterocycles. The number of carbonyl (C=O) groups excluding carboxylic acids is 3. The standard InChI is InChI=1S/C29H33N3O3/c1-19(2)30-28(34)21(4)32(18-22-15-13-20(3)14-16-22)26(33)12-7-17-31-25-11-6-9-23-8-5-10-24(27(23)25)29(31)35/h5-6,8-11,13-16,19,21H,7,12,17-18H2,1-4H3,(H,30,34)/t21-/m1/s1. The number of anilines is 1. The third-order valence-electron chi connectivity index (χ3n) is 6.49. The van der Waals surface area contributed by atoms with Crippen molar-refractivity contribution in [1.29, 1.82) is 0 Å². The van der Waals surface area contributed by atoms with E-state index in [-0.39, 0.29) is 30.2 Å². The molecule has 1 aliphatic heterocycles. The lowest BCUT2D eigenvalue weighted by atomic mass is 10.1. The highest BCUT2D eigenvalue weighted by Gasteiger charge is 2.30. The van der Waals surface area contributed by atoms with Crippen molar-refractivity contribution in [1.82, 2.24) is 10.2 Å². The van der Waals surface area contributed by atoms with Crippen LogP contribution in [0, 0.1) is 6.92 Å². The zero-order valence-electron chi connectivity index (χ0n) is 20.9. The third kappa shape index (κ3) is 5.21. The fourth-order valence-electron chi connectivity index (χ4n) is 4.61. The van der Waals surface area contributed by atoms with Crippen LogP contribution >= 0.6 is 0 Å². The van der Waals surface area contributed by atoms with Crippen molar-refractivity contribution in [3.8, 4) is 0 Å². The Kier molecular flexibility index (Phi) is 7.20. The number of nitrogens with zero attached hydrogens (tertiary/aromatic N) is 2. The van der Waals surface area contributed by atoms with Gasteiger partial charge in [0.05, 0.1) is 5.69 Å². The summed E-state index contributed by atoms with van der Waals surface area (Å²) < 4.78 is 0. The van der Waals surface area contributed by atoms with Crippen molar-refractivity contribution >= 4 is 34.2 Å². The van der Waals surface area contributed by atoms with Gasteiger partial charge in [-0.3, -0.25) is 14.4 Å². The molecule has 0 saturated carbocycles. The summed E-state index contributed by atoms with van der Waals surface area (Å²) in [5.74, 6) is -0.290. The molecule has 0 spiro atoms. The summed E-state index contributed by atoms with van der Waals surface area (Å²) in [6.07, 6.45) is 0.763. The lowest BCUT2D eigenvalue weighted by molar-refractivity contribution is -0.140. The van der Waals surface area contributed by atoms with Gasteiger partial charge < -0.3 is 15.1 Å². The first-order chi connectivity index (χ1) is 16.8. The van der Waals surface area contributed by atoms with E-state index in [9.17, 15) is 14.4 Å². The van der Waals surface area contributed by atoms with Crippen molar-refractivity contribution in [2.75, 3.05) is 11.4 Å². The molecule has 0 fully saturated rings. The monoisotopic (exact) mass is 471 g/mol. The molecule has 1 atom stereocenters. The highest BCUT2D eigenvalue weighted by molar-refractivity contribution is 6.25. The van der Waals surface area contributed by atoms with Gasteiger partial charge in [-0.1, -0.05) is 54.1 Å². The summed E-state index contributed by atoms with van der Waals surface area (Å²) in [5.41, 5.74) is 3.73. The van der Waals surface area contributed by atoms with Crippen LogP contribution in [0.5, 0.6) is 0 Å². The van der Waals surface area contributed by atoms with E-state index in [0.29, 0.717) is 25.1 Å². The first-order valence-corrected chi connectivity index (χ1v) is 12.2. The molecule has 6 nitrogen and oxygen atoms in total. The second-order valence-electron chi connectivity index (χ2n) is 9.59. The van der Waals surface area contributed by atoms with Gasteiger partial charge in [0.15, 0.2) is 0 Å². The maximum absolute atomic E-state index is 13.4. The molecule has 1 heterocycles. The number of amides is 3. The normalized spacial score (nSPS) is 13.4. The van der Waals surface area contributed by atoms with Crippen LogP contribution < -0.4 is 10.2 Å². The van der Waals surface area contributed by atoms with Crippen molar-refractivity contribution in [3.63, 3.8) is 0 Å². The smallest absolute Gasteiger partial charge is 0.258 e. The zero-order chi connectivity index (χ0) is 25.1. The maximum Gasteiger partial charge on any atom is 0.258 e. The lowest BCUT2D eigenvalue weighted by Crippen LogP contribution is -2.49. The van der Waals surface area contributed by atoms with E-state index < -0.39 is 6.04 Å². The van der Waals surface area contributed by atoms with E-state index in [2.05, 4.69) is 5.32 Å². The molecule has 0 saturated heterocycles. The Morgan fingerprint density at radius 1 is 0.971 bits per heavy atom. The Labute approximate surface area is 206 Å². The maximum atomic E-state index is 13.4. The first kappa shape index (κ1) is 24.5. The number of rotatable bonds is 9. The topological polar surface area (TPSA) is 69.7 Å². The van der Waals surface area contributed by atoms with E-state index >= 15 is 0 Å². The minimum Gasteiger partial charge on any atom is -0.352 e. The molecule has 35 heavy (non-hydrogen) atoms. The van der Waals surface area contributed by atoms with Crippen LogP contribution in [0.15, 0.2) is 60.7 Å². The van der Waals surface area contributed by atoms with E-state index in [1.165, 1.54) is 0 Å². The van der Waals surface area contributed by atoms with Crippen LogP contribution in [0.2, 0.25) is 0 Å². The fourth-order valence-corrected chi connectivity index (χ4v) is 4.61. The zero-order valence-corrected chi connectivity index (χ0v) is 20.9. The highest BCUT2D eigenvalue weighted by Crippen LogP contribution is 2.37. The third-order valence-corrected chi connectivity index (χ3v) is 6.49. The second-order valence-corrected chi connectivity index (χ2v) is 9.59. The van der Waals surface area contributed by atoms with Gasteiger partial charge >= 0.3 is 0 Å². The lowest BCUT2D eigenvalue weighted by Gasteiger charge is -2.30. The Bertz CT molecular complexity index is 1240. The number of hydrogen-bond acceptors (Lipinski definition) is 3. The molecule has 4 rings (SSSR count). The number of benzene rings is 3. The van der Waals surface area contributed by atoms with E-state index in [4.69, 9.17) is 0 Å². The molecule has 0 radical (unpaired) electrons. The van der Waals surface area contributed by atoms with Crippen molar-refractivity contribution in [2.45, 2.75) is 59.2 Å². The Hall–Kier alpha value is -3.67. The van der Waals surface area contributed by atoms with Crippen LogP contribution in [0.3, 0.4) is 0 Å². The van der Waals surface area contributed by atoms with E-state index in [1.54, 1.807) is 16.7 Å². The molecule has 3 amide bonds. The number of nitrogens with one attached hydrogen (secondary N) is 1. The second kappa shape index (κ2) is 10.3. The minimum absolute atomic E-state index is 0.00760. The van der Waals surface area contributed by atoms with Crippen LogP contribution in [-0.4, -0.2) is 41.2 Å². The van der Waals surface area contributed by atoms with Crippen LogP contribution in [-0.2, 0) is 16.1 Å². The Balaban J connectivity index is 1.46. The van der Waals surface area contributed by atoms with Gasteiger partial charge in [0.25, 0.3) is 5.91 Å². The summed E-state index contributed by atoms with van der Waals surface area (Å²) in [5, 5.41) is 4.94. The van der Waals surface area contributed by atoms with Gasteiger partial charge in [0.1, 0.15) is 6.04 Å². The van der Waals surface area contributed by atoms with Crippen molar-refractivity contribution < 1.29 is 14.4 Å². The molecule has 3 aromatic rings. The predicted octanol–water partition coefficient (Wildman–Crippen LogP) is 4.83. The summed E-state index contributed by atoms with van der Waals surface area (Å²) in [7, 11) is 0. The molecule has 182 valence electrons.